The molecule has 0 bridgehead atoms. The van der Waals surface area contributed by atoms with Gasteiger partial charge in [0.05, 0.1) is 18.3 Å². The van der Waals surface area contributed by atoms with Gasteiger partial charge in [-0.05, 0) is 37.8 Å². The summed E-state index contributed by atoms with van der Waals surface area (Å²) in [5.74, 6) is 0.694. The zero-order valence-corrected chi connectivity index (χ0v) is 10.9. The molecule has 0 aliphatic heterocycles. The summed E-state index contributed by atoms with van der Waals surface area (Å²) in [6.07, 6.45) is 6.98. The van der Waals surface area contributed by atoms with Gasteiger partial charge in [-0.2, -0.15) is 0 Å². The van der Waals surface area contributed by atoms with Gasteiger partial charge in [-0.1, -0.05) is 12.8 Å². The summed E-state index contributed by atoms with van der Waals surface area (Å²) in [6.45, 7) is 2.10. The van der Waals surface area contributed by atoms with Crippen molar-refractivity contribution in [2.24, 2.45) is 5.92 Å². The van der Waals surface area contributed by atoms with E-state index in [1.54, 1.807) is 18.3 Å². The number of aromatic nitrogens is 1. The number of nitrogens with two attached hydrogens (primary N) is 1. The van der Waals surface area contributed by atoms with Crippen LogP contribution in [0, 0.1) is 5.92 Å². The number of rotatable bonds is 4. The van der Waals surface area contributed by atoms with Crippen molar-refractivity contribution in [3.05, 3.63) is 24.0 Å². The maximum atomic E-state index is 11.9. The van der Waals surface area contributed by atoms with Gasteiger partial charge in [-0.15, -0.1) is 0 Å². The highest BCUT2D eigenvalue weighted by Gasteiger charge is 2.22. The summed E-state index contributed by atoms with van der Waals surface area (Å²) >= 11 is 0. The highest BCUT2D eigenvalue weighted by molar-refractivity contribution is 5.78. The van der Waals surface area contributed by atoms with Gasteiger partial charge >= 0.3 is 0 Å². The van der Waals surface area contributed by atoms with Crippen molar-refractivity contribution in [2.75, 3.05) is 5.73 Å². The van der Waals surface area contributed by atoms with Crippen LogP contribution in [-0.2, 0) is 11.2 Å². The van der Waals surface area contributed by atoms with E-state index in [0.29, 0.717) is 18.0 Å². The predicted octanol–water partition coefficient (Wildman–Crippen LogP) is 1.90. The molecular weight excluding hydrogens is 226 g/mol. The lowest BCUT2D eigenvalue weighted by atomic mass is 10.00. The number of hydrogen-bond acceptors (Lipinski definition) is 3. The molecule has 4 heteroatoms. The number of hydrogen-bond donors (Lipinski definition) is 2. The first-order valence-corrected chi connectivity index (χ1v) is 6.65. The molecule has 1 unspecified atom stereocenters. The molecule has 1 aliphatic carbocycles. The molecule has 1 fully saturated rings. The summed E-state index contributed by atoms with van der Waals surface area (Å²) in [4.78, 5) is 16.0. The first-order chi connectivity index (χ1) is 8.65. The quantitative estimate of drug-likeness (QED) is 0.854. The summed E-state index contributed by atoms with van der Waals surface area (Å²) in [5, 5.41) is 3.07. The lowest BCUT2D eigenvalue weighted by molar-refractivity contribution is -0.121. The van der Waals surface area contributed by atoms with E-state index in [0.717, 1.165) is 5.69 Å². The van der Waals surface area contributed by atoms with Gasteiger partial charge in [0.25, 0.3) is 0 Å². The van der Waals surface area contributed by atoms with Crippen molar-refractivity contribution >= 4 is 11.6 Å². The lowest BCUT2D eigenvalue weighted by Gasteiger charge is -2.20. The zero-order valence-electron chi connectivity index (χ0n) is 10.9. The lowest BCUT2D eigenvalue weighted by Crippen LogP contribution is -2.38. The van der Waals surface area contributed by atoms with Crippen molar-refractivity contribution in [3.63, 3.8) is 0 Å². The molecule has 98 valence electrons. The molecule has 1 atom stereocenters. The number of carbonyl (C=O) groups excluding carboxylic acids is 1. The Balaban J connectivity index is 1.82. The highest BCUT2D eigenvalue weighted by Crippen LogP contribution is 2.27. The first-order valence-electron chi connectivity index (χ1n) is 6.65. The number of carbonyl (C=O) groups is 1. The van der Waals surface area contributed by atoms with E-state index in [-0.39, 0.29) is 11.9 Å². The minimum Gasteiger partial charge on any atom is -0.397 e. The van der Waals surface area contributed by atoms with E-state index in [4.69, 9.17) is 5.73 Å². The van der Waals surface area contributed by atoms with Gasteiger partial charge in [-0.25, -0.2) is 0 Å². The maximum absolute atomic E-state index is 11.9. The monoisotopic (exact) mass is 247 g/mol. The molecule has 1 saturated carbocycles. The number of pyridine rings is 1. The van der Waals surface area contributed by atoms with Crippen LogP contribution in [0.15, 0.2) is 18.3 Å². The summed E-state index contributed by atoms with van der Waals surface area (Å²) in [6, 6.07) is 3.85. The Morgan fingerprint density at radius 2 is 2.22 bits per heavy atom. The fourth-order valence-electron chi connectivity index (χ4n) is 2.59. The van der Waals surface area contributed by atoms with Gasteiger partial charge in [0.1, 0.15) is 0 Å². The van der Waals surface area contributed by atoms with Crippen LogP contribution >= 0.6 is 0 Å². The molecule has 4 nitrogen and oxygen atoms in total. The SMILES string of the molecule is CC(NC(=O)Cc1ccc(N)cn1)C1CCCC1. The average Bonchev–Trinajstić information content (AvgIpc) is 2.85. The number of anilines is 1. The van der Waals surface area contributed by atoms with Crippen molar-refractivity contribution in [3.8, 4) is 0 Å². The topological polar surface area (TPSA) is 68.0 Å². The number of amides is 1. The van der Waals surface area contributed by atoms with Crippen molar-refractivity contribution < 1.29 is 4.79 Å². The Morgan fingerprint density at radius 1 is 1.50 bits per heavy atom. The Hall–Kier alpha value is -1.58. The van der Waals surface area contributed by atoms with E-state index < -0.39 is 0 Å². The van der Waals surface area contributed by atoms with E-state index in [1.807, 2.05) is 0 Å². The van der Waals surface area contributed by atoms with Crippen LogP contribution in [0.4, 0.5) is 5.69 Å². The second kappa shape index (κ2) is 5.85. The Kier molecular flexibility index (Phi) is 4.18. The van der Waals surface area contributed by atoms with Crippen LogP contribution in [0.2, 0.25) is 0 Å². The Bertz CT molecular complexity index is 396. The Labute approximate surface area is 108 Å². The van der Waals surface area contributed by atoms with Gasteiger partial charge in [0.15, 0.2) is 0 Å². The highest BCUT2D eigenvalue weighted by atomic mass is 16.1. The molecule has 18 heavy (non-hydrogen) atoms. The van der Waals surface area contributed by atoms with Gasteiger partial charge in [0, 0.05) is 11.7 Å². The molecule has 1 amide bonds. The molecule has 0 radical (unpaired) electrons. The fourth-order valence-corrected chi connectivity index (χ4v) is 2.59. The minimum absolute atomic E-state index is 0.0478. The smallest absolute Gasteiger partial charge is 0.226 e. The summed E-state index contributed by atoms with van der Waals surface area (Å²) in [7, 11) is 0. The van der Waals surface area contributed by atoms with Crippen LogP contribution in [0.1, 0.15) is 38.3 Å². The predicted molar refractivity (Wildman–Crippen MR) is 71.9 cm³/mol. The average molecular weight is 247 g/mol. The maximum Gasteiger partial charge on any atom is 0.226 e. The largest absolute Gasteiger partial charge is 0.397 e. The van der Waals surface area contributed by atoms with Gasteiger partial charge in [0.2, 0.25) is 5.91 Å². The van der Waals surface area contributed by atoms with Crippen LogP contribution in [0.25, 0.3) is 0 Å². The third-order valence-electron chi connectivity index (χ3n) is 3.68. The van der Waals surface area contributed by atoms with E-state index >= 15 is 0 Å². The summed E-state index contributed by atoms with van der Waals surface area (Å²) < 4.78 is 0. The molecule has 0 spiro atoms. The standard InChI is InChI=1S/C14H21N3O/c1-10(11-4-2-3-5-11)17-14(18)8-13-7-6-12(15)9-16-13/h6-7,9-11H,2-5,8,15H2,1H3,(H,17,18). The van der Waals surface area contributed by atoms with Crippen molar-refractivity contribution in [2.45, 2.75) is 45.1 Å². The molecule has 0 aromatic carbocycles. The first kappa shape index (κ1) is 12.9. The summed E-state index contributed by atoms with van der Waals surface area (Å²) in [5.41, 5.74) is 6.95. The molecule has 1 aromatic rings. The van der Waals surface area contributed by atoms with E-state index in [1.165, 1.54) is 25.7 Å². The molecule has 2 rings (SSSR count). The number of nitrogen functional groups attached to an aromatic ring is 1. The van der Waals surface area contributed by atoms with Crippen LogP contribution < -0.4 is 11.1 Å². The molecule has 1 aliphatic rings. The van der Waals surface area contributed by atoms with Gasteiger partial charge < -0.3 is 11.1 Å². The molecular formula is C14H21N3O. The minimum atomic E-state index is 0.0478. The Morgan fingerprint density at radius 3 is 2.83 bits per heavy atom. The normalized spacial score (nSPS) is 17.6. The molecule has 3 N–H and O–H groups in total. The number of nitrogens with one attached hydrogen (secondary N) is 1. The molecule has 0 saturated heterocycles. The van der Waals surface area contributed by atoms with Crippen LogP contribution in [-0.4, -0.2) is 16.9 Å². The third-order valence-corrected chi connectivity index (χ3v) is 3.68. The van der Waals surface area contributed by atoms with Crippen molar-refractivity contribution in [1.29, 1.82) is 0 Å². The van der Waals surface area contributed by atoms with Gasteiger partial charge in [-0.3, -0.25) is 9.78 Å². The molecule has 1 heterocycles. The molecule has 1 aromatic heterocycles. The third kappa shape index (κ3) is 3.45. The number of nitrogens with zero attached hydrogens (tertiary/aromatic N) is 1. The van der Waals surface area contributed by atoms with E-state index in [2.05, 4.69) is 17.2 Å². The van der Waals surface area contributed by atoms with Crippen LogP contribution in [0.3, 0.4) is 0 Å². The van der Waals surface area contributed by atoms with Crippen molar-refractivity contribution in [1.82, 2.24) is 10.3 Å². The van der Waals surface area contributed by atoms with Crippen LogP contribution in [0.5, 0.6) is 0 Å². The van der Waals surface area contributed by atoms with E-state index in [9.17, 15) is 4.79 Å². The second-order valence-electron chi connectivity index (χ2n) is 5.16. The fraction of sp³-hybridized carbons (Fsp3) is 0.571. The zero-order chi connectivity index (χ0) is 13.0. The second-order valence-corrected chi connectivity index (χ2v) is 5.16.